The van der Waals surface area contributed by atoms with E-state index in [4.69, 9.17) is 34.8 Å². The summed E-state index contributed by atoms with van der Waals surface area (Å²) in [5.41, 5.74) is 0. The van der Waals surface area contributed by atoms with Crippen LogP contribution in [0.3, 0.4) is 0 Å². The SMILES string of the molecule is CN(C(=O)c1sc2cc(Cl)cc(Cl)c2c1Cl)C1CCS(=O)(=O)C1. The van der Waals surface area contributed by atoms with Crippen LogP contribution in [-0.4, -0.2) is 43.8 Å². The molecule has 2 aromatic rings. The van der Waals surface area contributed by atoms with Gasteiger partial charge in [-0.1, -0.05) is 34.8 Å². The minimum Gasteiger partial charge on any atom is -0.337 e. The summed E-state index contributed by atoms with van der Waals surface area (Å²) in [4.78, 5) is 14.5. The summed E-state index contributed by atoms with van der Waals surface area (Å²) in [6, 6.07) is 2.95. The molecule has 1 aromatic heterocycles. The van der Waals surface area contributed by atoms with Gasteiger partial charge in [0.2, 0.25) is 0 Å². The van der Waals surface area contributed by atoms with E-state index in [0.29, 0.717) is 26.7 Å². The highest BCUT2D eigenvalue weighted by Crippen LogP contribution is 2.41. The van der Waals surface area contributed by atoms with Crippen LogP contribution in [0.4, 0.5) is 0 Å². The van der Waals surface area contributed by atoms with E-state index in [1.165, 1.54) is 16.2 Å². The number of rotatable bonds is 2. The van der Waals surface area contributed by atoms with Gasteiger partial charge in [-0.05, 0) is 18.6 Å². The molecule has 1 atom stereocenters. The molecular formula is C14H12Cl3NO3S2. The molecular weight excluding hydrogens is 401 g/mol. The number of carbonyl (C=O) groups is 1. The Labute approximate surface area is 152 Å². The van der Waals surface area contributed by atoms with Gasteiger partial charge < -0.3 is 4.90 Å². The maximum Gasteiger partial charge on any atom is 0.265 e. The lowest BCUT2D eigenvalue weighted by atomic mass is 10.2. The predicted octanol–water partition coefficient (Wildman–Crippen LogP) is 4.12. The highest BCUT2D eigenvalue weighted by atomic mass is 35.5. The van der Waals surface area contributed by atoms with Gasteiger partial charge in [0.15, 0.2) is 9.84 Å². The Bertz CT molecular complexity index is 908. The maximum atomic E-state index is 12.7. The van der Waals surface area contributed by atoms with Crippen molar-refractivity contribution < 1.29 is 13.2 Å². The summed E-state index contributed by atoms with van der Waals surface area (Å²) in [7, 11) is -1.46. The third-order valence-corrected chi connectivity index (χ3v) is 7.80. The average Bonchev–Trinajstić information content (AvgIpc) is 2.97. The molecule has 3 rings (SSSR count). The zero-order chi connectivity index (χ0) is 16.9. The van der Waals surface area contributed by atoms with E-state index < -0.39 is 9.84 Å². The quantitative estimate of drug-likeness (QED) is 0.745. The number of nitrogens with zero attached hydrogens (tertiary/aromatic N) is 1. The number of thiophene rings is 1. The van der Waals surface area contributed by atoms with Crippen molar-refractivity contribution in [1.82, 2.24) is 4.90 Å². The summed E-state index contributed by atoms with van der Waals surface area (Å²) in [5.74, 6) is -0.202. The molecule has 124 valence electrons. The number of hydrogen-bond acceptors (Lipinski definition) is 4. The van der Waals surface area contributed by atoms with E-state index in [-0.39, 0.29) is 28.5 Å². The Morgan fingerprint density at radius 1 is 1.30 bits per heavy atom. The van der Waals surface area contributed by atoms with Gasteiger partial charge in [-0.2, -0.15) is 0 Å². The van der Waals surface area contributed by atoms with Crippen LogP contribution in [0.1, 0.15) is 16.1 Å². The largest absolute Gasteiger partial charge is 0.337 e. The van der Waals surface area contributed by atoms with Gasteiger partial charge in [-0.3, -0.25) is 4.79 Å². The van der Waals surface area contributed by atoms with Crippen molar-refractivity contribution in [3.8, 4) is 0 Å². The molecule has 0 aliphatic carbocycles. The molecule has 0 N–H and O–H groups in total. The molecule has 1 fully saturated rings. The standard InChI is InChI=1S/C14H12Cl3NO3S2/c1-18(8-2-3-23(20,21)6-8)14(19)13-12(17)11-9(16)4-7(15)5-10(11)22-13/h4-5,8H,2-3,6H2,1H3. The Hall–Kier alpha value is -0.530. The fourth-order valence-corrected chi connectivity index (χ4v) is 6.79. The van der Waals surface area contributed by atoms with Crippen molar-refractivity contribution in [2.24, 2.45) is 0 Å². The number of halogens is 3. The molecule has 1 aliphatic heterocycles. The molecule has 0 radical (unpaired) electrons. The molecule has 0 saturated carbocycles. The van der Waals surface area contributed by atoms with E-state index in [2.05, 4.69) is 0 Å². The normalized spacial score (nSPS) is 20.1. The minimum atomic E-state index is -3.07. The highest BCUT2D eigenvalue weighted by Gasteiger charge is 2.34. The van der Waals surface area contributed by atoms with Gasteiger partial charge in [0.25, 0.3) is 5.91 Å². The molecule has 2 heterocycles. The third-order valence-electron chi connectivity index (χ3n) is 3.92. The number of benzene rings is 1. The van der Waals surface area contributed by atoms with E-state index in [9.17, 15) is 13.2 Å². The van der Waals surface area contributed by atoms with Crippen molar-refractivity contribution in [3.63, 3.8) is 0 Å². The summed E-state index contributed by atoms with van der Waals surface area (Å²) in [5, 5.41) is 1.73. The van der Waals surface area contributed by atoms with E-state index >= 15 is 0 Å². The number of hydrogen-bond donors (Lipinski definition) is 0. The summed E-state index contributed by atoms with van der Waals surface area (Å²) < 4.78 is 23.9. The van der Waals surface area contributed by atoms with Crippen LogP contribution in [-0.2, 0) is 9.84 Å². The fourth-order valence-electron chi connectivity index (χ4n) is 2.66. The van der Waals surface area contributed by atoms with Crippen LogP contribution < -0.4 is 0 Å². The Morgan fingerprint density at radius 3 is 2.61 bits per heavy atom. The van der Waals surface area contributed by atoms with Gasteiger partial charge in [0.1, 0.15) is 4.88 Å². The zero-order valence-corrected chi connectivity index (χ0v) is 15.9. The first-order valence-electron chi connectivity index (χ1n) is 6.74. The first kappa shape index (κ1) is 17.3. The molecule has 23 heavy (non-hydrogen) atoms. The number of fused-ring (bicyclic) bond motifs is 1. The second-order valence-electron chi connectivity index (χ2n) is 5.48. The van der Waals surface area contributed by atoms with Gasteiger partial charge in [0, 0.05) is 28.2 Å². The molecule has 1 aliphatic rings. The van der Waals surface area contributed by atoms with Crippen LogP contribution in [0.2, 0.25) is 15.1 Å². The van der Waals surface area contributed by atoms with Gasteiger partial charge >= 0.3 is 0 Å². The van der Waals surface area contributed by atoms with Crippen molar-refractivity contribution in [1.29, 1.82) is 0 Å². The topological polar surface area (TPSA) is 54.5 Å². The number of sulfone groups is 1. The van der Waals surface area contributed by atoms with Gasteiger partial charge in [-0.25, -0.2) is 8.42 Å². The van der Waals surface area contributed by atoms with Crippen molar-refractivity contribution in [2.75, 3.05) is 18.6 Å². The summed E-state index contributed by atoms with van der Waals surface area (Å²) in [6.45, 7) is 0. The zero-order valence-electron chi connectivity index (χ0n) is 12.0. The van der Waals surface area contributed by atoms with Gasteiger partial charge in [0.05, 0.1) is 21.6 Å². The van der Waals surface area contributed by atoms with Crippen LogP contribution in [0.5, 0.6) is 0 Å². The highest BCUT2D eigenvalue weighted by molar-refractivity contribution is 7.91. The summed E-state index contributed by atoms with van der Waals surface area (Å²) >= 11 is 19.7. The van der Waals surface area contributed by atoms with Crippen LogP contribution in [0.15, 0.2) is 12.1 Å². The lowest BCUT2D eigenvalue weighted by Gasteiger charge is -2.22. The van der Waals surface area contributed by atoms with Crippen LogP contribution >= 0.6 is 46.1 Å². The van der Waals surface area contributed by atoms with Crippen LogP contribution in [0, 0.1) is 0 Å². The van der Waals surface area contributed by atoms with E-state index in [1.54, 1.807) is 19.2 Å². The van der Waals surface area contributed by atoms with Crippen molar-refractivity contribution in [2.45, 2.75) is 12.5 Å². The Morgan fingerprint density at radius 2 is 2.00 bits per heavy atom. The van der Waals surface area contributed by atoms with E-state index in [0.717, 1.165) is 4.70 Å². The van der Waals surface area contributed by atoms with Gasteiger partial charge in [-0.15, -0.1) is 11.3 Å². The minimum absolute atomic E-state index is 0.00958. The molecule has 1 amide bonds. The lowest BCUT2D eigenvalue weighted by Crippen LogP contribution is -2.37. The van der Waals surface area contributed by atoms with E-state index in [1.807, 2.05) is 0 Å². The summed E-state index contributed by atoms with van der Waals surface area (Å²) in [6.07, 6.45) is 0.444. The smallest absolute Gasteiger partial charge is 0.265 e. The van der Waals surface area contributed by atoms with Crippen molar-refractivity contribution >= 4 is 72.0 Å². The lowest BCUT2D eigenvalue weighted by molar-refractivity contribution is 0.0753. The maximum absolute atomic E-state index is 12.7. The first-order chi connectivity index (χ1) is 10.7. The molecule has 1 saturated heterocycles. The molecule has 1 unspecified atom stereocenters. The fraction of sp³-hybridized carbons (Fsp3) is 0.357. The monoisotopic (exact) mass is 411 g/mol. The predicted molar refractivity (Wildman–Crippen MR) is 96.0 cm³/mol. The number of carbonyl (C=O) groups excluding carboxylic acids is 1. The molecule has 1 aromatic carbocycles. The molecule has 4 nitrogen and oxygen atoms in total. The first-order valence-corrected chi connectivity index (χ1v) is 10.5. The Balaban J connectivity index is 1.98. The van der Waals surface area contributed by atoms with Crippen LogP contribution in [0.25, 0.3) is 10.1 Å². The second kappa shape index (κ2) is 6.08. The Kier molecular flexibility index (Phi) is 4.57. The average molecular weight is 413 g/mol. The number of amides is 1. The van der Waals surface area contributed by atoms with Crippen molar-refractivity contribution in [3.05, 3.63) is 32.1 Å². The molecule has 0 spiro atoms. The molecule has 9 heteroatoms. The second-order valence-corrected chi connectivity index (χ2v) is 9.98. The third kappa shape index (κ3) is 3.20. The molecule has 0 bridgehead atoms.